The highest BCUT2D eigenvalue weighted by Gasteiger charge is 2.29. The Morgan fingerprint density at radius 2 is 2.44 bits per heavy atom. The van der Waals surface area contributed by atoms with Gasteiger partial charge < -0.3 is 9.47 Å². The highest BCUT2D eigenvalue weighted by molar-refractivity contribution is 5.15. The molecular formula is C12H18N2O2. The van der Waals surface area contributed by atoms with E-state index in [1.54, 1.807) is 19.5 Å². The Balaban J connectivity index is 1.82. The second kappa shape index (κ2) is 5.27. The van der Waals surface area contributed by atoms with Crippen molar-refractivity contribution in [1.82, 2.24) is 9.88 Å². The van der Waals surface area contributed by atoms with Crippen LogP contribution >= 0.6 is 0 Å². The second-order valence-corrected chi connectivity index (χ2v) is 4.19. The zero-order chi connectivity index (χ0) is 11.4. The summed E-state index contributed by atoms with van der Waals surface area (Å²) in [5.74, 6) is 0.830. The van der Waals surface area contributed by atoms with Gasteiger partial charge in [-0.2, -0.15) is 0 Å². The van der Waals surface area contributed by atoms with E-state index < -0.39 is 0 Å². The van der Waals surface area contributed by atoms with E-state index in [-0.39, 0.29) is 0 Å². The first-order chi connectivity index (χ1) is 7.79. The van der Waals surface area contributed by atoms with Gasteiger partial charge in [-0.05, 0) is 25.6 Å². The molecule has 0 bridgehead atoms. The monoisotopic (exact) mass is 222 g/mol. The van der Waals surface area contributed by atoms with E-state index in [2.05, 4.69) is 16.9 Å². The van der Waals surface area contributed by atoms with Crippen LogP contribution in [-0.2, 0) is 4.74 Å². The molecule has 2 heterocycles. The minimum atomic E-state index is 0.340. The van der Waals surface area contributed by atoms with Gasteiger partial charge >= 0.3 is 0 Å². The summed E-state index contributed by atoms with van der Waals surface area (Å²) >= 11 is 0. The molecule has 1 aliphatic heterocycles. The van der Waals surface area contributed by atoms with Gasteiger partial charge in [0.25, 0.3) is 0 Å². The number of pyridine rings is 1. The maximum absolute atomic E-state index is 5.69. The third kappa shape index (κ3) is 2.71. The fraction of sp³-hybridized carbons (Fsp3) is 0.583. The van der Waals surface area contributed by atoms with Crippen molar-refractivity contribution >= 4 is 0 Å². The summed E-state index contributed by atoms with van der Waals surface area (Å²) in [7, 11) is 3.87. The molecule has 1 aliphatic rings. The number of aromatic nitrogens is 1. The molecule has 0 spiro atoms. The summed E-state index contributed by atoms with van der Waals surface area (Å²) in [5, 5.41) is 0. The van der Waals surface area contributed by atoms with E-state index in [1.165, 1.54) is 0 Å². The molecule has 1 aromatic heterocycles. The van der Waals surface area contributed by atoms with Crippen molar-refractivity contribution in [3.8, 4) is 5.75 Å². The Morgan fingerprint density at radius 3 is 3.06 bits per heavy atom. The molecule has 0 N–H and O–H groups in total. The molecule has 0 aliphatic carbocycles. The van der Waals surface area contributed by atoms with Crippen molar-refractivity contribution in [3.05, 3.63) is 24.5 Å². The lowest BCUT2D eigenvalue weighted by Gasteiger charge is -2.18. The summed E-state index contributed by atoms with van der Waals surface area (Å²) in [5.41, 5.74) is 0. The van der Waals surface area contributed by atoms with E-state index in [0.717, 1.165) is 18.7 Å². The van der Waals surface area contributed by atoms with Gasteiger partial charge in [-0.25, -0.2) is 0 Å². The molecule has 0 saturated carbocycles. The van der Waals surface area contributed by atoms with E-state index in [1.807, 2.05) is 12.1 Å². The third-order valence-electron chi connectivity index (χ3n) is 3.06. The zero-order valence-electron chi connectivity index (χ0n) is 9.80. The molecule has 1 aromatic rings. The average Bonchev–Trinajstić information content (AvgIpc) is 2.69. The number of nitrogens with zero attached hydrogens (tertiary/aromatic N) is 2. The Kier molecular flexibility index (Phi) is 3.74. The number of ether oxygens (including phenoxy) is 2. The highest BCUT2D eigenvalue weighted by Crippen LogP contribution is 2.19. The second-order valence-electron chi connectivity index (χ2n) is 4.19. The van der Waals surface area contributed by atoms with Crippen LogP contribution < -0.4 is 4.74 Å². The number of hydrogen-bond acceptors (Lipinski definition) is 4. The fourth-order valence-electron chi connectivity index (χ4n) is 2.02. The summed E-state index contributed by atoms with van der Waals surface area (Å²) in [6.45, 7) is 1.68. The average molecular weight is 222 g/mol. The number of rotatable bonds is 4. The number of likely N-dealkylation sites (N-methyl/N-ethyl adjacent to an activating group) is 1. The van der Waals surface area contributed by atoms with Gasteiger partial charge in [0.1, 0.15) is 12.4 Å². The quantitative estimate of drug-likeness (QED) is 0.766. The molecule has 0 aromatic carbocycles. The molecule has 4 heteroatoms. The largest absolute Gasteiger partial charge is 0.490 e. The van der Waals surface area contributed by atoms with Crippen molar-refractivity contribution in [2.45, 2.75) is 18.6 Å². The maximum atomic E-state index is 5.69. The molecule has 2 atom stereocenters. The van der Waals surface area contributed by atoms with Gasteiger partial charge in [-0.1, -0.05) is 0 Å². The predicted octanol–water partition coefficient (Wildman–Crippen LogP) is 1.18. The topological polar surface area (TPSA) is 34.6 Å². The molecule has 2 rings (SSSR count). The van der Waals surface area contributed by atoms with Gasteiger partial charge in [0.05, 0.1) is 12.3 Å². The Labute approximate surface area is 96.2 Å². The first kappa shape index (κ1) is 11.4. The standard InChI is InChI=1S/C12H18N2O2/c1-14-8-12(15-2)6-10(14)9-16-11-4-3-5-13-7-11/h3-5,7,10,12H,6,8-9H2,1-2H3. The molecule has 88 valence electrons. The lowest BCUT2D eigenvalue weighted by atomic mass is 10.2. The maximum Gasteiger partial charge on any atom is 0.137 e. The van der Waals surface area contributed by atoms with Crippen LogP contribution in [0.25, 0.3) is 0 Å². The van der Waals surface area contributed by atoms with Crippen LogP contribution in [-0.4, -0.2) is 49.3 Å². The highest BCUT2D eigenvalue weighted by atomic mass is 16.5. The Bertz CT molecular complexity index is 318. The minimum Gasteiger partial charge on any atom is -0.490 e. The van der Waals surface area contributed by atoms with Crippen molar-refractivity contribution < 1.29 is 9.47 Å². The first-order valence-electron chi connectivity index (χ1n) is 5.55. The van der Waals surface area contributed by atoms with Crippen LogP contribution in [0.15, 0.2) is 24.5 Å². The number of methoxy groups -OCH3 is 1. The first-order valence-corrected chi connectivity index (χ1v) is 5.55. The van der Waals surface area contributed by atoms with Gasteiger partial charge in [0.15, 0.2) is 0 Å². The van der Waals surface area contributed by atoms with E-state index in [4.69, 9.17) is 9.47 Å². The Morgan fingerprint density at radius 1 is 1.56 bits per heavy atom. The van der Waals surface area contributed by atoms with Crippen molar-refractivity contribution in [3.63, 3.8) is 0 Å². The van der Waals surface area contributed by atoms with Crippen LogP contribution in [0.3, 0.4) is 0 Å². The van der Waals surface area contributed by atoms with Crippen LogP contribution in [0.1, 0.15) is 6.42 Å². The van der Waals surface area contributed by atoms with Crippen LogP contribution in [0, 0.1) is 0 Å². The van der Waals surface area contributed by atoms with Crippen molar-refractivity contribution in [2.75, 3.05) is 27.3 Å². The molecule has 4 nitrogen and oxygen atoms in total. The number of likely N-dealkylation sites (tertiary alicyclic amines) is 1. The van der Waals surface area contributed by atoms with Gasteiger partial charge in [-0.15, -0.1) is 0 Å². The van der Waals surface area contributed by atoms with Crippen LogP contribution in [0.4, 0.5) is 0 Å². The van der Waals surface area contributed by atoms with Crippen LogP contribution in [0.2, 0.25) is 0 Å². The Hall–Kier alpha value is -1.13. The third-order valence-corrected chi connectivity index (χ3v) is 3.06. The number of hydrogen-bond donors (Lipinski definition) is 0. The summed E-state index contributed by atoms with van der Waals surface area (Å²) in [6.07, 6.45) is 4.86. The minimum absolute atomic E-state index is 0.340. The molecule has 16 heavy (non-hydrogen) atoms. The van der Waals surface area contributed by atoms with E-state index >= 15 is 0 Å². The summed E-state index contributed by atoms with van der Waals surface area (Å²) < 4.78 is 11.0. The summed E-state index contributed by atoms with van der Waals surface area (Å²) in [4.78, 5) is 6.30. The predicted molar refractivity (Wildman–Crippen MR) is 61.6 cm³/mol. The molecule has 0 amide bonds. The molecule has 0 radical (unpaired) electrons. The lowest BCUT2D eigenvalue weighted by molar-refractivity contribution is 0.111. The zero-order valence-corrected chi connectivity index (χ0v) is 9.80. The van der Waals surface area contributed by atoms with Gasteiger partial charge in [0, 0.05) is 25.9 Å². The van der Waals surface area contributed by atoms with Crippen LogP contribution in [0.5, 0.6) is 5.75 Å². The molecule has 1 fully saturated rings. The van der Waals surface area contributed by atoms with Gasteiger partial charge in [0.2, 0.25) is 0 Å². The lowest BCUT2D eigenvalue weighted by Crippen LogP contribution is -2.30. The van der Waals surface area contributed by atoms with Gasteiger partial charge in [-0.3, -0.25) is 9.88 Å². The van der Waals surface area contributed by atoms with Crippen molar-refractivity contribution in [2.24, 2.45) is 0 Å². The molecule has 1 saturated heterocycles. The fourth-order valence-corrected chi connectivity index (χ4v) is 2.02. The molecule has 2 unspecified atom stereocenters. The molecular weight excluding hydrogens is 204 g/mol. The SMILES string of the molecule is COC1CC(COc2cccnc2)N(C)C1. The summed E-state index contributed by atoms with van der Waals surface area (Å²) in [6, 6.07) is 4.24. The van der Waals surface area contributed by atoms with E-state index in [9.17, 15) is 0 Å². The van der Waals surface area contributed by atoms with E-state index in [0.29, 0.717) is 18.8 Å². The smallest absolute Gasteiger partial charge is 0.137 e. The van der Waals surface area contributed by atoms with Crippen molar-refractivity contribution in [1.29, 1.82) is 0 Å². The normalized spacial score (nSPS) is 25.9.